The van der Waals surface area contributed by atoms with Gasteiger partial charge in [0.2, 0.25) is 10.0 Å². The summed E-state index contributed by atoms with van der Waals surface area (Å²) in [5.41, 5.74) is 1.27. The number of sulfonamides is 1. The summed E-state index contributed by atoms with van der Waals surface area (Å²) in [6.45, 7) is 6.78. The predicted octanol–water partition coefficient (Wildman–Crippen LogP) is 3.30. The third-order valence-electron chi connectivity index (χ3n) is 3.59. The number of rotatable bonds is 6. The van der Waals surface area contributed by atoms with Crippen molar-refractivity contribution in [2.75, 3.05) is 0 Å². The first-order valence-electron chi connectivity index (χ1n) is 7.25. The van der Waals surface area contributed by atoms with E-state index in [-0.39, 0.29) is 16.3 Å². The van der Waals surface area contributed by atoms with Crippen LogP contribution in [0.5, 0.6) is 0 Å². The van der Waals surface area contributed by atoms with Crippen LogP contribution in [0.2, 0.25) is 0 Å². The molecule has 0 fully saturated rings. The molecular weight excluding hydrogens is 329 g/mol. The second-order valence-corrected chi connectivity index (χ2v) is 7.22. The fourth-order valence-corrected chi connectivity index (χ4v) is 3.39. The SMILES string of the molecule is C=C(C(C)=O)[C@@H](NS(=O)(=O)c1ccc(C)cc1)c1cccc(F)c1. The van der Waals surface area contributed by atoms with Gasteiger partial charge in [0, 0.05) is 5.57 Å². The van der Waals surface area contributed by atoms with Crippen LogP contribution < -0.4 is 4.72 Å². The van der Waals surface area contributed by atoms with Gasteiger partial charge < -0.3 is 0 Å². The molecule has 0 spiro atoms. The summed E-state index contributed by atoms with van der Waals surface area (Å²) in [6, 6.07) is 10.7. The lowest BCUT2D eigenvalue weighted by Crippen LogP contribution is -2.31. The summed E-state index contributed by atoms with van der Waals surface area (Å²) >= 11 is 0. The lowest BCUT2D eigenvalue weighted by molar-refractivity contribution is -0.113. The predicted molar refractivity (Wildman–Crippen MR) is 90.5 cm³/mol. The quantitative estimate of drug-likeness (QED) is 0.816. The fourth-order valence-electron chi connectivity index (χ4n) is 2.17. The van der Waals surface area contributed by atoms with Gasteiger partial charge in [-0.3, -0.25) is 4.79 Å². The molecule has 6 heteroatoms. The highest BCUT2D eigenvalue weighted by atomic mass is 32.2. The lowest BCUT2D eigenvalue weighted by atomic mass is 9.98. The summed E-state index contributed by atoms with van der Waals surface area (Å²) in [6.07, 6.45) is 0. The van der Waals surface area contributed by atoms with E-state index in [1.165, 1.54) is 37.3 Å². The second-order valence-electron chi connectivity index (χ2n) is 5.50. The number of carbonyl (C=O) groups is 1. The number of halogens is 1. The Morgan fingerprint density at radius 3 is 2.33 bits per heavy atom. The number of carbonyl (C=O) groups excluding carboxylic acids is 1. The van der Waals surface area contributed by atoms with Gasteiger partial charge in [-0.1, -0.05) is 36.4 Å². The molecular formula is C18H18FNO3S. The Kier molecular flexibility index (Phi) is 5.31. The molecule has 126 valence electrons. The molecule has 0 heterocycles. The fraction of sp³-hybridized carbons (Fsp3) is 0.167. The molecule has 0 unspecified atom stereocenters. The van der Waals surface area contributed by atoms with Gasteiger partial charge in [-0.2, -0.15) is 4.72 Å². The van der Waals surface area contributed by atoms with Crippen molar-refractivity contribution < 1.29 is 17.6 Å². The minimum atomic E-state index is -3.90. The Bertz CT molecular complexity index is 873. The average molecular weight is 347 g/mol. The Balaban J connectivity index is 2.43. The van der Waals surface area contributed by atoms with E-state index in [2.05, 4.69) is 11.3 Å². The number of benzene rings is 2. The molecule has 0 aromatic heterocycles. The summed E-state index contributed by atoms with van der Waals surface area (Å²) in [5, 5.41) is 0. The molecule has 0 amide bonds. The van der Waals surface area contributed by atoms with Crippen LogP contribution in [-0.4, -0.2) is 14.2 Å². The minimum Gasteiger partial charge on any atom is -0.295 e. The third-order valence-corrected chi connectivity index (χ3v) is 5.03. The topological polar surface area (TPSA) is 63.2 Å². The van der Waals surface area contributed by atoms with Gasteiger partial charge in [0.05, 0.1) is 10.9 Å². The zero-order valence-electron chi connectivity index (χ0n) is 13.4. The average Bonchev–Trinajstić information content (AvgIpc) is 2.52. The van der Waals surface area contributed by atoms with Crippen LogP contribution in [0.25, 0.3) is 0 Å². The number of ketones is 1. The smallest absolute Gasteiger partial charge is 0.241 e. The molecule has 1 atom stereocenters. The largest absolute Gasteiger partial charge is 0.295 e. The maximum absolute atomic E-state index is 13.5. The van der Waals surface area contributed by atoms with E-state index in [1.807, 2.05) is 6.92 Å². The Morgan fingerprint density at radius 1 is 1.17 bits per heavy atom. The van der Waals surface area contributed by atoms with Crippen LogP contribution in [0.15, 0.2) is 65.6 Å². The van der Waals surface area contributed by atoms with E-state index < -0.39 is 21.9 Å². The minimum absolute atomic E-state index is 0.0382. The van der Waals surface area contributed by atoms with E-state index in [4.69, 9.17) is 0 Å². The van der Waals surface area contributed by atoms with E-state index in [0.29, 0.717) is 5.56 Å². The van der Waals surface area contributed by atoms with E-state index in [9.17, 15) is 17.6 Å². The van der Waals surface area contributed by atoms with Crippen molar-refractivity contribution in [2.45, 2.75) is 24.8 Å². The Hall–Kier alpha value is -2.31. The van der Waals surface area contributed by atoms with Crippen LogP contribution in [0.3, 0.4) is 0 Å². The van der Waals surface area contributed by atoms with Crippen molar-refractivity contribution in [2.24, 2.45) is 0 Å². The molecule has 4 nitrogen and oxygen atoms in total. The van der Waals surface area contributed by atoms with E-state index >= 15 is 0 Å². The van der Waals surface area contributed by atoms with Gasteiger partial charge in [-0.05, 0) is 43.7 Å². The van der Waals surface area contributed by atoms with E-state index in [0.717, 1.165) is 5.56 Å². The Morgan fingerprint density at radius 2 is 1.79 bits per heavy atom. The molecule has 2 aromatic carbocycles. The zero-order valence-corrected chi connectivity index (χ0v) is 14.2. The normalized spacial score (nSPS) is 12.6. The molecule has 2 aromatic rings. The molecule has 1 N–H and O–H groups in total. The van der Waals surface area contributed by atoms with Crippen molar-refractivity contribution in [3.05, 3.63) is 77.6 Å². The molecule has 0 aliphatic heterocycles. The maximum Gasteiger partial charge on any atom is 0.241 e. The number of hydrogen-bond acceptors (Lipinski definition) is 3. The molecule has 0 bridgehead atoms. The van der Waals surface area contributed by atoms with Gasteiger partial charge in [0.25, 0.3) is 0 Å². The first-order valence-corrected chi connectivity index (χ1v) is 8.73. The lowest BCUT2D eigenvalue weighted by Gasteiger charge is -2.20. The molecule has 24 heavy (non-hydrogen) atoms. The van der Waals surface area contributed by atoms with Crippen LogP contribution >= 0.6 is 0 Å². The highest BCUT2D eigenvalue weighted by Crippen LogP contribution is 2.25. The standard InChI is InChI=1S/C18H18FNO3S/c1-12-7-9-17(10-8-12)24(22,23)20-18(13(2)14(3)21)15-5-4-6-16(19)11-15/h4-11,18,20H,2H2,1,3H3/t18-/m1/s1. The third kappa shape index (κ3) is 4.15. The van der Waals surface area contributed by atoms with Gasteiger partial charge >= 0.3 is 0 Å². The van der Waals surface area contributed by atoms with Crippen molar-refractivity contribution in [1.29, 1.82) is 0 Å². The highest BCUT2D eigenvalue weighted by molar-refractivity contribution is 7.89. The van der Waals surface area contributed by atoms with Gasteiger partial charge in [0.15, 0.2) is 5.78 Å². The first-order chi connectivity index (χ1) is 11.2. The Labute approximate surface area is 141 Å². The zero-order chi connectivity index (χ0) is 17.9. The van der Waals surface area contributed by atoms with Crippen molar-refractivity contribution >= 4 is 15.8 Å². The molecule has 0 saturated carbocycles. The number of Topliss-reactive ketones (excluding diaryl/α,β-unsaturated/α-hetero) is 1. The van der Waals surface area contributed by atoms with Crippen LogP contribution in [0, 0.1) is 12.7 Å². The monoisotopic (exact) mass is 347 g/mol. The van der Waals surface area contributed by atoms with E-state index in [1.54, 1.807) is 18.2 Å². The van der Waals surface area contributed by atoms with Crippen molar-refractivity contribution in [1.82, 2.24) is 4.72 Å². The van der Waals surface area contributed by atoms with Crippen molar-refractivity contribution in [3.63, 3.8) is 0 Å². The number of aryl methyl sites for hydroxylation is 1. The van der Waals surface area contributed by atoms with Crippen molar-refractivity contribution in [3.8, 4) is 0 Å². The van der Waals surface area contributed by atoms with Gasteiger partial charge in [-0.15, -0.1) is 0 Å². The molecule has 2 rings (SSSR count). The summed E-state index contributed by atoms with van der Waals surface area (Å²) in [7, 11) is -3.90. The molecule has 0 radical (unpaired) electrons. The maximum atomic E-state index is 13.5. The van der Waals surface area contributed by atoms with Crippen LogP contribution in [0.1, 0.15) is 24.1 Å². The number of hydrogen-bond donors (Lipinski definition) is 1. The number of nitrogens with one attached hydrogen (secondary N) is 1. The van der Waals surface area contributed by atoms with Crippen LogP contribution in [-0.2, 0) is 14.8 Å². The van der Waals surface area contributed by atoms with Crippen LogP contribution in [0.4, 0.5) is 4.39 Å². The highest BCUT2D eigenvalue weighted by Gasteiger charge is 2.25. The summed E-state index contributed by atoms with van der Waals surface area (Å²) in [5.74, 6) is -0.903. The first kappa shape index (κ1) is 18.0. The molecule has 0 saturated heterocycles. The second kappa shape index (κ2) is 7.07. The van der Waals surface area contributed by atoms with Gasteiger partial charge in [-0.25, -0.2) is 12.8 Å². The summed E-state index contributed by atoms with van der Waals surface area (Å²) < 4.78 is 41.1. The molecule has 0 aliphatic rings. The summed E-state index contributed by atoms with van der Waals surface area (Å²) in [4.78, 5) is 11.7. The molecule has 0 aliphatic carbocycles. The van der Waals surface area contributed by atoms with Gasteiger partial charge in [0.1, 0.15) is 5.82 Å².